The van der Waals surface area contributed by atoms with Crippen LogP contribution in [0.1, 0.15) is 22.3 Å². The second kappa shape index (κ2) is 6.88. The SMILES string of the molecule is Cc1cc2occ(CC(=O)OCc3c(Cl)cccc3Cl)c2cc1C. The van der Waals surface area contributed by atoms with Gasteiger partial charge in [0.05, 0.1) is 12.7 Å². The summed E-state index contributed by atoms with van der Waals surface area (Å²) in [6.07, 6.45) is 1.74. The molecule has 0 saturated heterocycles. The first-order chi connectivity index (χ1) is 11.5. The minimum Gasteiger partial charge on any atom is -0.464 e. The molecule has 124 valence electrons. The lowest BCUT2D eigenvalue weighted by molar-refractivity contribution is -0.144. The van der Waals surface area contributed by atoms with Gasteiger partial charge in [-0.05, 0) is 49.2 Å². The first kappa shape index (κ1) is 16.9. The Balaban J connectivity index is 1.73. The highest BCUT2D eigenvalue weighted by Gasteiger charge is 2.14. The number of hydrogen-bond donors (Lipinski definition) is 0. The van der Waals surface area contributed by atoms with Crippen LogP contribution in [0.5, 0.6) is 0 Å². The van der Waals surface area contributed by atoms with Gasteiger partial charge in [-0.15, -0.1) is 0 Å². The van der Waals surface area contributed by atoms with Gasteiger partial charge in [0.2, 0.25) is 0 Å². The van der Waals surface area contributed by atoms with Gasteiger partial charge in [0.15, 0.2) is 0 Å². The second-order valence-corrected chi connectivity index (χ2v) is 6.55. The monoisotopic (exact) mass is 362 g/mol. The largest absolute Gasteiger partial charge is 0.464 e. The molecule has 0 unspecified atom stereocenters. The van der Waals surface area contributed by atoms with Crippen LogP contribution in [0.2, 0.25) is 10.0 Å². The van der Waals surface area contributed by atoms with E-state index >= 15 is 0 Å². The number of fused-ring (bicyclic) bond motifs is 1. The summed E-state index contributed by atoms with van der Waals surface area (Å²) in [4.78, 5) is 12.2. The predicted octanol–water partition coefficient (Wildman–Crippen LogP) is 5.64. The van der Waals surface area contributed by atoms with E-state index in [1.807, 2.05) is 26.0 Å². The van der Waals surface area contributed by atoms with Gasteiger partial charge < -0.3 is 9.15 Å². The summed E-state index contributed by atoms with van der Waals surface area (Å²) < 4.78 is 10.9. The quantitative estimate of drug-likeness (QED) is 0.563. The van der Waals surface area contributed by atoms with E-state index < -0.39 is 0 Å². The minimum absolute atomic E-state index is 0.0469. The molecule has 0 atom stereocenters. The standard InChI is InChI=1S/C19H16Cl2O3/c1-11-6-14-13(9-23-18(14)7-12(11)2)8-19(22)24-10-15-16(20)4-3-5-17(15)21/h3-7,9H,8,10H2,1-2H3. The van der Waals surface area contributed by atoms with Crippen LogP contribution in [0.15, 0.2) is 41.0 Å². The topological polar surface area (TPSA) is 39.4 Å². The van der Waals surface area contributed by atoms with Crippen molar-refractivity contribution in [2.45, 2.75) is 26.9 Å². The molecule has 2 aromatic carbocycles. The average molecular weight is 363 g/mol. The van der Waals surface area contributed by atoms with Crippen molar-refractivity contribution in [2.75, 3.05) is 0 Å². The van der Waals surface area contributed by atoms with E-state index in [1.165, 1.54) is 0 Å². The number of esters is 1. The van der Waals surface area contributed by atoms with Gasteiger partial charge in [-0.2, -0.15) is 0 Å². The molecule has 0 spiro atoms. The van der Waals surface area contributed by atoms with E-state index in [9.17, 15) is 4.79 Å². The van der Waals surface area contributed by atoms with Crippen LogP contribution in [0, 0.1) is 13.8 Å². The van der Waals surface area contributed by atoms with Gasteiger partial charge in [0.25, 0.3) is 0 Å². The number of carbonyl (C=O) groups excluding carboxylic acids is 1. The maximum atomic E-state index is 12.2. The Morgan fingerprint density at radius 1 is 1.12 bits per heavy atom. The maximum Gasteiger partial charge on any atom is 0.310 e. The van der Waals surface area contributed by atoms with Crippen LogP contribution >= 0.6 is 23.2 Å². The number of furan rings is 1. The fourth-order valence-corrected chi connectivity index (χ4v) is 3.01. The van der Waals surface area contributed by atoms with Crippen molar-refractivity contribution in [1.82, 2.24) is 0 Å². The van der Waals surface area contributed by atoms with Crippen molar-refractivity contribution in [2.24, 2.45) is 0 Å². The van der Waals surface area contributed by atoms with Crippen molar-refractivity contribution < 1.29 is 13.9 Å². The van der Waals surface area contributed by atoms with Crippen LogP contribution in [-0.2, 0) is 22.6 Å². The van der Waals surface area contributed by atoms with Crippen molar-refractivity contribution in [3.63, 3.8) is 0 Å². The molecule has 24 heavy (non-hydrogen) atoms. The van der Waals surface area contributed by atoms with Crippen LogP contribution in [0.3, 0.4) is 0 Å². The van der Waals surface area contributed by atoms with Crippen LogP contribution in [0.4, 0.5) is 0 Å². The van der Waals surface area contributed by atoms with Gasteiger partial charge in [0, 0.05) is 26.6 Å². The smallest absolute Gasteiger partial charge is 0.310 e. The molecular weight excluding hydrogens is 347 g/mol. The van der Waals surface area contributed by atoms with Crippen molar-refractivity contribution >= 4 is 40.1 Å². The van der Waals surface area contributed by atoms with E-state index in [4.69, 9.17) is 32.4 Å². The number of aryl methyl sites for hydroxylation is 2. The Morgan fingerprint density at radius 2 is 1.79 bits per heavy atom. The number of ether oxygens (including phenoxy) is 1. The summed E-state index contributed by atoms with van der Waals surface area (Å²) in [6, 6.07) is 9.18. The van der Waals surface area contributed by atoms with Crippen molar-refractivity contribution in [3.05, 3.63) is 68.9 Å². The zero-order valence-electron chi connectivity index (χ0n) is 13.4. The molecule has 0 aliphatic heterocycles. The summed E-state index contributed by atoms with van der Waals surface area (Å²) in [5.74, 6) is -0.355. The summed E-state index contributed by atoms with van der Waals surface area (Å²) in [7, 11) is 0. The third kappa shape index (κ3) is 3.42. The molecule has 0 amide bonds. The van der Waals surface area contributed by atoms with Gasteiger partial charge in [-0.1, -0.05) is 29.3 Å². The van der Waals surface area contributed by atoms with Gasteiger partial charge in [0.1, 0.15) is 12.2 Å². The van der Waals surface area contributed by atoms with Gasteiger partial charge >= 0.3 is 5.97 Å². The number of carbonyl (C=O) groups is 1. The van der Waals surface area contributed by atoms with E-state index in [1.54, 1.807) is 24.5 Å². The van der Waals surface area contributed by atoms with Crippen LogP contribution in [-0.4, -0.2) is 5.97 Å². The molecule has 0 saturated carbocycles. The molecule has 3 rings (SSSR count). The van der Waals surface area contributed by atoms with Gasteiger partial charge in [-0.3, -0.25) is 4.79 Å². The number of benzene rings is 2. The molecule has 0 radical (unpaired) electrons. The Hall–Kier alpha value is -1.97. The second-order valence-electron chi connectivity index (χ2n) is 5.73. The lowest BCUT2D eigenvalue weighted by atomic mass is 10.0. The molecule has 5 heteroatoms. The number of rotatable bonds is 4. The third-order valence-electron chi connectivity index (χ3n) is 4.04. The van der Waals surface area contributed by atoms with E-state index in [0.29, 0.717) is 15.6 Å². The molecule has 3 aromatic rings. The van der Waals surface area contributed by atoms with Crippen molar-refractivity contribution in [3.8, 4) is 0 Å². The fourth-order valence-electron chi connectivity index (χ4n) is 2.50. The Morgan fingerprint density at radius 3 is 2.50 bits per heavy atom. The van der Waals surface area contributed by atoms with Crippen molar-refractivity contribution in [1.29, 1.82) is 0 Å². The lowest BCUT2D eigenvalue weighted by Crippen LogP contribution is -2.08. The average Bonchev–Trinajstić information content (AvgIpc) is 2.89. The highest BCUT2D eigenvalue weighted by atomic mass is 35.5. The Labute approximate surface area is 150 Å². The molecule has 0 N–H and O–H groups in total. The molecule has 0 aliphatic carbocycles. The first-order valence-corrected chi connectivity index (χ1v) is 8.27. The molecule has 0 bridgehead atoms. The maximum absolute atomic E-state index is 12.2. The predicted molar refractivity (Wildman–Crippen MR) is 95.7 cm³/mol. The summed E-state index contributed by atoms with van der Waals surface area (Å²) in [6.45, 7) is 4.10. The van der Waals surface area contributed by atoms with E-state index in [2.05, 4.69) is 0 Å². The summed E-state index contributed by atoms with van der Waals surface area (Å²) in [5, 5.41) is 1.90. The van der Waals surface area contributed by atoms with Crippen LogP contribution < -0.4 is 0 Å². The van der Waals surface area contributed by atoms with Gasteiger partial charge in [-0.25, -0.2) is 0 Å². The zero-order chi connectivity index (χ0) is 17.3. The van der Waals surface area contributed by atoms with E-state index in [0.717, 1.165) is 27.7 Å². The minimum atomic E-state index is -0.355. The lowest BCUT2D eigenvalue weighted by Gasteiger charge is -2.08. The first-order valence-electron chi connectivity index (χ1n) is 7.51. The molecule has 3 nitrogen and oxygen atoms in total. The normalized spacial score (nSPS) is 11.0. The molecule has 1 heterocycles. The third-order valence-corrected chi connectivity index (χ3v) is 4.75. The molecule has 0 fully saturated rings. The number of hydrogen-bond acceptors (Lipinski definition) is 3. The summed E-state index contributed by atoms with van der Waals surface area (Å²) in [5.41, 5.74) is 4.50. The Bertz CT molecular complexity index is 892. The highest BCUT2D eigenvalue weighted by Crippen LogP contribution is 2.27. The summed E-state index contributed by atoms with van der Waals surface area (Å²) >= 11 is 12.2. The Kier molecular flexibility index (Phi) is 4.83. The highest BCUT2D eigenvalue weighted by molar-refractivity contribution is 6.35. The molecular formula is C19H16Cl2O3. The molecule has 0 aliphatic rings. The number of halogens is 2. The van der Waals surface area contributed by atoms with E-state index in [-0.39, 0.29) is 19.0 Å². The fraction of sp³-hybridized carbons (Fsp3) is 0.211. The van der Waals surface area contributed by atoms with Crippen LogP contribution in [0.25, 0.3) is 11.0 Å². The zero-order valence-corrected chi connectivity index (χ0v) is 14.9. The molecule has 1 aromatic heterocycles.